The number of rotatable bonds is 7. The number of carbonyl (C=O) groups excluding carboxylic acids is 1. The van der Waals surface area contributed by atoms with Crippen LogP contribution < -0.4 is 14.8 Å². The molecule has 1 heterocycles. The summed E-state index contributed by atoms with van der Waals surface area (Å²) in [7, 11) is 0. The van der Waals surface area contributed by atoms with Gasteiger partial charge in [0.2, 0.25) is 0 Å². The van der Waals surface area contributed by atoms with Gasteiger partial charge in [-0.05, 0) is 32.0 Å². The number of benzene rings is 1. The lowest BCUT2D eigenvalue weighted by Crippen LogP contribution is -2.38. The standard InChI is InChI=1S/C16H23NO3S/c1-3-19-15-6-5-12(9-16(15)20-4-2)14(18)10-13-11-21-8-7-17-13/h5-6,9,13,17H,3-4,7-8,10-11H2,1-2H3. The van der Waals surface area contributed by atoms with Gasteiger partial charge in [0, 0.05) is 36.1 Å². The zero-order chi connectivity index (χ0) is 15.1. The molecule has 0 saturated carbocycles. The Morgan fingerprint density at radius 3 is 2.71 bits per heavy atom. The quantitative estimate of drug-likeness (QED) is 0.785. The highest BCUT2D eigenvalue weighted by Crippen LogP contribution is 2.29. The molecular formula is C16H23NO3S. The van der Waals surface area contributed by atoms with E-state index >= 15 is 0 Å². The molecule has 1 unspecified atom stereocenters. The van der Waals surface area contributed by atoms with Crippen LogP contribution in [0.25, 0.3) is 0 Å². The van der Waals surface area contributed by atoms with Crippen LogP contribution in [0.5, 0.6) is 11.5 Å². The monoisotopic (exact) mass is 309 g/mol. The van der Waals surface area contributed by atoms with Crippen molar-refractivity contribution in [2.24, 2.45) is 0 Å². The van der Waals surface area contributed by atoms with Crippen LogP contribution in [0, 0.1) is 0 Å². The molecule has 0 bridgehead atoms. The normalized spacial score (nSPS) is 18.3. The highest BCUT2D eigenvalue weighted by Gasteiger charge is 2.19. The van der Waals surface area contributed by atoms with E-state index in [4.69, 9.17) is 9.47 Å². The van der Waals surface area contributed by atoms with Crippen molar-refractivity contribution in [1.29, 1.82) is 0 Å². The summed E-state index contributed by atoms with van der Waals surface area (Å²) >= 11 is 1.90. The smallest absolute Gasteiger partial charge is 0.164 e. The molecule has 116 valence electrons. The molecule has 4 nitrogen and oxygen atoms in total. The summed E-state index contributed by atoms with van der Waals surface area (Å²) in [5.41, 5.74) is 0.694. The van der Waals surface area contributed by atoms with Crippen molar-refractivity contribution in [3.8, 4) is 11.5 Å². The number of nitrogens with one attached hydrogen (secondary N) is 1. The molecule has 0 amide bonds. The van der Waals surface area contributed by atoms with Gasteiger partial charge in [0.15, 0.2) is 17.3 Å². The molecule has 1 N–H and O–H groups in total. The number of hydrogen-bond acceptors (Lipinski definition) is 5. The second kappa shape index (κ2) is 8.29. The predicted octanol–water partition coefficient (Wildman–Crippen LogP) is 2.76. The first-order valence-electron chi connectivity index (χ1n) is 7.48. The molecule has 0 aliphatic carbocycles. The molecule has 1 saturated heterocycles. The van der Waals surface area contributed by atoms with Crippen molar-refractivity contribution < 1.29 is 14.3 Å². The van der Waals surface area contributed by atoms with Gasteiger partial charge in [-0.2, -0.15) is 11.8 Å². The highest BCUT2D eigenvalue weighted by molar-refractivity contribution is 7.99. The summed E-state index contributed by atoms with van der Waals surface area (Å²) < 4.78 is 11.1. The fourth-order valence-electron chi connectivity index (χ4n) is 2.32. The van der Waals surface area contributed by atoms with Crippen molar-refractivity contribution >= 4 is 17.5 Å². The minimum Gasteiger partial charge on any atom is -0.490 e. The number of hydrogen-bond donors (Lipinski definition) is 1. The van der Waals surface area contributed by atoms with Gasteiger partial charge >= 0.3 is 0 Å². The summed E-state index contributed by atoms with van der Waals surface area (Å²) in [5, 5.41) is 3.39. The van der Waals surface area contributed by atoms with Crippen LogP contribution in [0.15, 0.2) is 18.2 Å². The van der Waals surface area contributed by atoms with Crippen molar-refractivity contribution in [1.82, 2.24) is 5.32 Å². The molecule has 5 heteroatoms. The largest absolute Gasteiger partial charge is 0.490 e. The van der Waals surface area contributed by atoms with Gasteiger partial charge < -0.3 is 14.8 Å². The van der Waals surface area contributed by atoms with Crippen LogP contribution in [0.4, 0.5) is 0 Å². The Hall–Kier alpha value is -1.20. The summed E-state index contributed by atoms with van der Waals surface area (Å²) in [6.07, 6.45) is 0.534. The second-order valence-electron chi connectivity index (χ2n) is 4.88. The lowest BCUT2D eigenvalue weighted by molar-refractivity contribution is 0.0971. The maximum absolute atomic E-state index is 12.4. The van der Waals surface area contributed by atoms with E-state index < -0.39 is 0 Å². The number of ketones is 1. The predicted molar refractivity (Wildman–Crippen MR) is 86.8 cm³/mol. The summed E-state index contributed by atoms with van der Waals surface area (Å²) in [5.74, 6) is 3.63. The van der Waals surface area contributed by atoms with Crippen LogP contribution in [-0.2, 0) is 0 Å². The van der Waals surface area contributed by atoms with Crippen LogP contribution >= 0.6 is 11.8 Å². The molecule has 0 spiro atoms. The molecule has 1 fully saturated rings. The fourth-order valence-corrected chi connectivity index (χ4v) is 3.27. The van der Waals surface area contributed by atoms with Gasteiger partial charge in [-0.25, -0.2) is 0 Å². The first kappa shape index (κ1) is 16.2. The second-order valence-corrected chi connectivity index (χ2v) is 6.03. The van der Waals surface area contributed by atoms with E-state index in [0.717, 1.165) is 18.1 Å². The molecule has 21 heavy (non-hydrogen) atoms. The van der Waals surface area contributed by atoms with E-state index in [9.17, 15) is 4.79 Å². The Bertz CT molecular complexity index is 473. The maximum Gasteiger partial charge on any atom is 0.164 e. The van der Waals surface area contributed by atoms with Crippen LogP contribution in [-0.4, -0.2) is 43.1 Å². The first-order valence-corrected chi connectivity index (χ1v) is 8.64. The van der Waals surface area contributed by atoms with Crippen molar-refractivity contribution in [2.75, 3.05) is 31.3 Å². The topological polar surface area (TPSA) is 47.6 Å². The van der Waals surface area contributed by atoms with Gasteiger partial charge in [0.05, 0.1) is 13.2 Å². The van der Waals surface area contributed by atoms with Crippen LogP contribution in [0.2, 0.25) is 0 Å². The van der Waals surface area contributed by atoms with E-state index in [1.807, 2.05) is 37.7 Å². The SMILES string of the molecule is CCOc1ccc(C(=O)CC2CSCCN2)cc1OCC. The molecule has 1 aliphatic heterocycles. The maximum atomic E-state index is 12.4. The third kappa shape index (κ3) is 4.64. The molecule has 1 aromatic carbocycles. The zero-order valence-electron chi connectivity index (χ0n) is 12.7. The fraction of sp³-hybridized carbons (Fsp3) is 0.562. The number of thioether (sulfide) groups is 1. The molecule has 0 radical (unpaired) electrons. The van der Waals surface area contributed by atoms with Crippen molar-refractivity contribution in [3.05, 3.63) is 23.8 Å². The van der Waals surface area contributed by atoms with E-state index in [2.05, 4.69) is 5.32 Å². The zero-order valence-corrected chi connectivity index (χ0v) is 13.5. The van der Waals surface area contributed by atoms with Gasteiger partial charge in [-0.3, -0.25) is 4.79 Å². The Morgan fingerprint density at radius 1 is 1.29 bits per heavy atom. The average molecular weight is 309 g/mol. The lowest BCUT2D eigenvalue weighted by atomic mass is 10.0. The van der Waals surface area contributed by atoms with Gasteiger partial charge in [0.25, 0.3) is 0 Å². The molecule has 1 aromatic rings. The third-order valence-electron chi connectivity index (χ3n) is 3.30. The summed E-state index contributed by atoms with van der Waals surface area (Å²) in [4.78, 5) is 12.4. The van der Waals surface area contributed by atoms with Gasteiger partial charge in [0.1, 0.15) is 0 Å². The van der Waals surface area contributed by atoms with Gasteiger partial charge in [-0.15, -0.1) is 0 Å². The van der Waals surface area contributed by atoms with E-state index in [0.29, 0.717) is 36.7 Å². The molecule has 2 rings (SSSR count). The first-order chi connectivity index (χ1) is 10.2. The molecule has 0 aromatic heterocycles. The Kier molecular flexibility index (Phi) is 6.39. The minimum absolute atomic E-state index is 0.152. The lowest BCUT2D eigenvalue weighted by Gasteiger charge is -2.22. The minimum atomic E-state index is 0.152. The molecule has 1 atom stereocenters. The van der Waals surface area contributed by atoms with Crippen molar-refractivity contribution in [2.45, 2.75) is 26.3 Å². The third-order valence-corrected chi connectivity index (χ3v) is 4.43. The Morgan fingerprint density at radius 2 is 2.05 bits per heavy atom. The Balaban J connectivity index is 2.07. The van der Waals surface area contributed by atoms with Crippen LogP contribution in [0.3, 0.4) is 0 Å². The molecular weight excluding hydrogens is 286 g/mol. The summed E-state index contributed by atoms with van der Waals surface area (Å²) in [6.45, 7) is 5.97. The number of ether oxygens (including phenoxy) is 2. The molecule has 1 aliphatic rings. The van der Waals surface area contributed by atoms with Gasteiger partial charge in [-0.1, -0.05) is 0 Å². The van der Waals surface area contributed by atoms with E-state index in [-0.39, 0.29) is 11.8 Å². The van der Waals surface area contributed by atoms with E-state index in [1.54, 1.807) is 6.07 Å². The average Bonchev–Trinajstić information content (AvgIpc) is 2.50. The Labute approximate surface area is 130 Å². The van der Waals surface area contributed by atoms with Crippen molar-refractivity contribution in [3.63, 3.8) is 0 Å². The number of carbonyl (C=O) groups is 1. The highest BCUT2D eigenvalue weighted by atomic mass is 32.2. The number of Topliss-reactive ketones (excluding diaryl/α,β-unsaturated/α-hetero) is 1. The van der Waals surface area contributed by atoms with E-state index in [1.165, 1.54) is 0 Å². The van der Waals surface area contributed by atoms with Crippen LogP contribution in [0.1, 0.15) is 30.6 Å². The summed E-state index contributed by atoms with van der Waals surface area (Å²) in [6, 6.07) is 5.72.